The van der Waals surface area contributed by atoms with Crippen LogP contribution in [0.1, 0.15) is 18.0 Å². The van der Waals surface area contributed by atoms with Gasteiger partial charge in [-0.2, -0.15) is 0 Å². The first kappa shape index (κ1) is 12.5. The molecule has 0 aromatic heterocycles. The molecule has 1 atom stereocenters. The summed E-state index contributed by atoms with van der Waals surface area (Å²) in [6, 6.07) is 7.19. The summed E-state index contributed by atoms with van der Waals surface area (Å²) in [5.74, 6) is 0.778. The van der Waals surface area contributed by atoms with Crippen LogP contribution in [-0.4, -0.2) is 32.0 Å². The van der Waals surface area contributed by atoms with Gasteiger partial charge in [-0.3, -0.25) is 4.79 Å². The van der Waals surface area contributed by atoms with Gasteiger partial charge in [0.1, 0.15) is 5.75 Å². The van der Waals surface area contributed by atoms with E-state index in [1.54, 1.807) is 26.1 Å². The Morgan fingerprint density at radius 3 is 2.75 bits per heavy atom. The summed E-state index contributed by atoms with van der Waals surface area (Å²) in [5.41, 5.74) is 6.87. The van der Waals surface area contributed by atoms with Crippen molar-refractivity contribution >= 4 is 5.91 Å². The van der Waals surface area contributed by atoms with E-state index >= 15 is 0 Å². The van der Waals surface area contributed by atoms with Gasteiger partial charge >= 0.3 is 0 Å². The molecule has 4 heteroatoms. The molecule has 1 aromatic rings. The SMILES string of the molecule is COc1cccc(C(N)CC(=O)N(C)C)c1. The van der Waals surface area contributed by atoms with Gasteiger partial charge in [0.15, 0.2) is 0 Å². The van der Waals surface area contributed by atoms with Gasteiger partial charge in [-0.1, -0.05) is 12.1 Å². The number of ether oxygens (including phenoxy) is 1. The van der Waals surface area contributed by atoms with Crippen LogP contribution in [0.2, 0.25) is 0 Å². The quantitative estimate of drug-likeness (QED) is 0.832. The zero-order valence-corrected chi connectivity index (χ0v) is 9.93. The molecule has 0 aliphatic rings. The lowest BCUT2D eigenvalue weighted by atomic mass is 10.0. The fourth-order valence-electron chi connectivity index (χ4n) is 1.36. The highest BCUT2D eigenvalue weighted by atomic mass is 16.5. The van der Waals surface area contributed by atoms with Crippen molar-refractivity contribution in [3.05, 3.63) is 29.8 Å². The van der Waals surface area contributed by atoms with Crippen molar-refractivity contribution in [3.63, 3.8) is 0 Å². The molecule has 0 spiro atoms. The topological polar surface area (TPSA) is 55.6 Å². The van der Waals surface area contributed by atoms with E-state index in [2.05, 4.69) is 0 Å². The third-order valence-corrected chi connectivity index (χ3v) is 2.42. The van der Waals surface area contributed by atoms with Crippen LogP contribution in [-0.2, 0) is 4.79 Å². The Labute approximate surface area is 96.0 Å². The minimum atomic E-state index is -0.287. The third kappa shape index (κ3) is 3.24. The number of methoxy groups -OCH3 is 1. The number of carbonyl (C=O) groups is 1. The van der Waals surface area contributed by atoms with Gasteiger partial charge in [-0.15, -0.1) is 0 Å². The van der Waals surface area contributed by atoms with Gasteiger partial charge in [0, 0.05) is 26.6 Å². The molecule has 0 radical (unpaired) electrons. The second kappa shape index (κ2) is 5.51. The van der Waals surface area contributed by atoms with E-state index in [0.29, 0.717) is 6.42 Å². The Bertz CT molecular complexity index is 364. The third-order valence-electron chi connectivity index (χ3n) is 2.42. The van der Waals surface area contributed by atoms with Crippen molar-refractivity contribution in [2.75, 3.05) is 21.2 Å². The van der Waals surface area contributed by atoms with E-state index < -0.39 is 0 Å². The van der Waals surface area contributed by atoms with Crippen LogP contribution in [0.4, 0.5) is 0 Å². The summed E-state index contributed by atoms with van der Waals surface area (Å²) in [6.07, 6.45) is 0.306. The molecular weight excluding hydrogens is 204 g/mol. The number of nitrogens with two attached hydrogens (primary N) is 1. The maximum atomic E-state index is 11.5. The Hall–Kier alpha value is -1.55. The highest BCUT2D eigenvalue weighted by molar-refractivity contribution is 5.76. The number of benzene rings is 1. The highest BCUT2D eigenvalue weighted by Gasteiger charge is 2.13. The molecule has 0 aliphatic carbocycles. The van der Waals surface area contributed by atoms with Crippen molar-refractivity contribution in [1.29, 1.82) is 0 Å². The first-order chi connectivity index (χ1) is 7.54. The Morgan fingerprint density at radius 1 is 1.50 bits per heavy atom. The predicted molar refractivity (Wildman–Crippen MR) is 63.2 cm³/mol. The van der Waals surface area contributed by atoms with Crippen LogP contribution in [0, 0.1) is 0 Å². The van der Waals surface area contributed by atoms with E-state index in [1.807, 2.05) is 24.3 Å². The van der Waals surface area contributed by atoms with Crippen molar-refractivity contribution < 1.29 is 9.53 Å². The van der Waals surface area contributed by atoms with E-state index in [1.165, 1.54) is 0 Å². The smallest absolute Gasteiger partial charge is 0.223 e. The molecule has 1 rings (SSSR count). The normalized spacial score (nSPS) is 12.0. The van der Waals surface area contributed by atoms with Crippen molar-refractivity contribution in [1.82, 2.24) is 4.90 Å². The zero-order chi connectivity index (χ0) is 12.1. The molecule has 0 saturated heterocycles. The number of nitrogens with zero attached hydrogens (tertiary/aromatic N) is 1. The standard InChI is InChI=1S/C12H18N2O2/c1-14(2)12(15)8-11(13)9-5-4-6-10(7-9)16-3/h4-7,11H,8,13H2,1-3H3. The Morgan fingerprint density at radius 2 is 2.19 bits per heavy atom. The van der Waals surface area contributed by atoms with E-state index in [-0.39, 0.29) is 11.9 Å². The number of hydrogen-bond donors (Lipinski definition) is 1. The van der Waals surface area contributed by atoms with Crippen LogP contribution >= 0.6 is 0 Å². The summed E-state index contributed by atoms with van der Waals surface area (Å²) in [7, 11) is 5.05. The summed E-state index contributed by atoms with van der Waals surface area (Å²) >= 11 is 0. The van der Waals surface area contributed by atoms with E-state index in [4.69, 9.17) is 10.5 Å². The minimum Gasteiger partial charge on any atom is -0.497 e. The molecule has 0 bridgehead atoms. The molecule has 0 fully saturated rings. The Kier molecular flexibility index (Phi) is 4.31. The first-order valence-corrected chi connectivity index (χ1v) is 5.14. The van der Waals surface area contributed by atoms with Crippen molar-refractivity contribution in [2.45, 2.75) is 12.5 Å². The van der Waals surface area contributed by atoms with Gasteiger partial charge in [0.05, 0.1) is 7.11 Å². The monoisotopic (exact) mass is 222 g/mol. The fraction of sp³-hybridized carbons (Fsp3) is 0.417. The van der Waals surface area contributed by atoms with Crippen LogP contribution in [0.5, 0.6) is 5.75 Å². The average molecular weight is 222 g/mol. The zero-order valence-electron chi connectivity index (χ0n) is 9.93. The van der Waals surface area contributed by atoms with Crippen molar-refractivity contribution in [2.24, 2.45) is 5.73 Å². The predicted octanol–water partition coefficient (Wildman–Crippen LogP) is 1.17. The van der Waals surface area contributed by atoms with Crippen molar-refractivity contribution in [3.8, 4) is 5.75 Å². The van der Waals surface area contributed by atoms with Crippen LogP contribution in [0.15, 0.2) is 24.3 Å². The fourth-order valence-corrected chi connectivity index (χ4v) is 1.36. The van der Waals surface area contributed by atoms with Gasteiger partial charge in [0.25, 0.3) is 0 Å². The number of rotatable bonds is 4. The number of carbonyl (C=O) groups excluding carboxylic acids is 1. The molecule has 4 nitrogen and oxygen atoms in total. The lowest BCUT2D eigenvalue weighted by Crippen LogP contribution is -2.26. The van der Waals surface area contributed by atoms with Crippen LogP contribution < -0.4 is 10.5 Å². The number of hydrogen-bond acceptors (Lipinski definition) is 3. The molecule has 0 saturated carbocycles. The molecule has 0 heterocycles. The highest BCUT2D eigenvalue weighted by Crippen LogP contribution is 2.19. The van der Waals surface area contributed by atoms with Gasteiger partial charge < -0.3 is 15.4 Å². The number of amides is 1. The largest absolute Gasteiger partial charge is 0.497 e. The molecule has 0 aliphatic heterocycles. The lowest BCUT2D eigenvalue weighted by molar-refractivity contribution is -0.129. The summed E-state index contributed by atoms with van der Waals surface area (Å²) in [5, 5.41) is 0. The molecule has 1 aromatic carbocycles. The summed E-state index contributed by atoms with van der Waals surface area (Å²) in [4.78, 5) is 13.0. The maximum absolute atomic E-state index is 11.5. The van der Waals surface area contributed by atoms with Gasteiger partial charge in [-0.05, 0) is 17.7 Å². The Balaban J connectivity index is 2.72. The lowest BCUT2D eigenvalue weighted by Gasteiger charge is -2.16. The molecule has 2 N–H and O–H groups in total. The minimum absolute atomic E-state index is 0.0234. The average Bonchev–Trinajstić information content (AvgIpc) is 2.28. The molecular formula is C12H18N2O2. The second-order valence-electron chi connectivity index (χ2n) is 3.88. The molecule has 1 amide bonds. The maximum Gasteiger partial charge on any atom is 0.223 e. The summed E-state index contributed by atoms with van der Waals surface area (Å²) < 4.78 is 5.11. The molecule has 16 heavy (non-hydrogen) atoms. The van der Waals surface area contributed by atoms with Gasteiger partial charge in [-0.25, -0.2) is 0 Å². The van der Waals surface area contributed by atoms with E-state index in [0.717, 1.165) is 11.3 Å². The first-order valence-electron chi connectivity index (χ1n) is 5.14. The second-order valence-corrected chi connectivity index (χ2v) is 3.88. The van der Waals surface area contributed by atoms with Gasteiger partial charge in [0.2, 0.25) is 5.91 Å². The van der Waals surface area contributed by atoms with Crippen LogP contribution in [0.25, 0.3) is 0 Å². The van der Waals surface area contributed by atoms with Crippen LogP contribution in [0.3, 0.4) is 0 Å². The summed E-state index contributed by atoms with van der Waals surface area (Å²) in [6.45, 7) is 0. The molecule has 1 unspecified atom stereocenters. The molecule has 88 valence electrons. The van der Waals surface area contributed by atoms with E-state index in [9.17, 15) is 4.79 Å².